The minimum absolute atomic E-state index is 0.0139. The summed E-state index contributed by atoms with van der Waals surface area (Å²) in [5.41, 5.74) is 1.29. The Morgan fingerprint density at radius 1 is 1.00 bits per heavy atom. The third-order valence-corrected chi connectivity index (χ3v) is 6.30. The molecule has 0 unspecified atom stereocenters. The smallest absolute Gasteiger partial charge is 0.267 e. The highest BCUT2D eigenvalue weighted by Crippen LogP contribution is 2.38. The van der Waals surface area contributed by atoms with Crippen LogP contribution in [0.15, 0.2) is 46.1 Å². The Bertz CT molecular complexity index is 1050. The van der Waals surface area contributed by atoms with Gasteiger partial charge in [0.15, 0.2) is 0 Å². The van der Waals surface area contributed by atoms with Gasteiger partial charge in [-0.1, -0.05) is 0 Å². The molecule has 8 nitrogen and oxygen atoms in total. The number of sulfonamides is 1. The van der Waals surface area contributed by atoms with Gasteiger partial charge in [-0.05, 0) is 56.0 Å². The molecule has 9 heteroatoms. The molecule has 1 aliphatic heterocycles. The number of hydrogen-bond donors (Lipinski definition) is 1. The predicted octanol–water partition coefficient (Wildman–Crippen LogP) is 1.25. The van der Waals surface area contributed by atoms with Crippen molar-refractivity contribution in [2.24, 2.45) is 5.14 Å². The van der Waals surface area contributed by atoms with E-state index in [1.54, 1.807) is 15.6 Å². The van der Waals surface area contributed by atoms with Gasteiger partial charge in [0, 0.05) is 30.6 Å². The van der Waals surface area contributed by atoms with Crippen LogP contribution in [0.1, 0.15) is 53.7 Å². The Morgan fingerprint density at radius 3 is 2.21 bits per heavy atom. The fourth-order valence-corrected chi connectivity index (χ4v) is 4.10. The molecule has 1 aliphatic carbocycles. The molecule has 0 bridgehead atoms. The van der Waals surface area contributed by atoms with Gasteiger partial charge in [0.25, 0.3) is 11.5 Å². The normalized spacial score (nSPS) is 18.2. The molecule has 0 spiro atoms. The lowest BCUT2D eigenvalue weighted by molar-refractivity contribution is 0.0687. The van der Waals surface area contributed by atoms with Crippen molar-refractivity contribution in [1.29, 1.82) is 0 Å². The first-order valence-corrected chi connectivity index (χ1v) is 10.9. The van der Waals surface area contributed by atoms with Crippen LogP contribution >= 0.6 is 0 Å². The van der Waals surface area contributed by atoms with Gasteiger partial charge in [-0.3, -0.25) is 9.59 Å². The number of piperidine rings is 1. The first kappa shape index (κ1) is 18.8. The number of amides is 1. The van der Waals surface area contributed by atoms with Crippen molar-refractivity contribution in [3.63, 3.8) is 0 Å². The zero-order valence-electron chi connectivity index (χ0n) is 15.3. The molecule has 1 aromatic heterocycles. The monoisotopic (exact) mass is 402 g/mol. The number of nitrogens with two attached hydrogens (primary N) is 1. The number of benzene rings is 1. The molecular weight excluding hydrogens is 380 g/mol. The minimum atomic E-state index is -3.78. The number of nitrogens with zero attached hydrogens (tertiary/aromatic N) is 3. The van der Waals surface area contributed by atoms with Crippen LogP contribution in [0.4, 0.5) is 0 Å². The number of hydrogen-bond acceptors (Lipinski definition) is 5. The Hall–Kier alpha value is -2.52. The van der Waals surface area contributed by atoms with Crippen LogP contribution in [0.5, 0.6) is 0 Å². The Balaban J connectivity index is 1.43. The summed E-state index contributed by atoms with van der Waals surface area (Å²) in [6.45, 7) is 1.03. The summed E-state index contributed by atoms with van der Waals surface area (Å²) in [5.74, 6) is 0.320. The van der Waals surface area contributed by atoms with Crippen LogP contribution in [-0.4, -0.2) is 42.1 Å². The van der Waals surface area contributed by atoms with Crippen molar-refractivity contribution < 1.29 is 13.2 Å². The van der Waals surface area contributed by atoms with Gasteiger partial charge < -0.3 is 4.90 Å². The van der Waals surface area contributed by atoms with Gasteiger partial charge >= 0.3 is 0 Å². The van der Waals surface area contributed by atoms with Crippen molar-refractivity contribution in [3.05, 3.63) is 58.0 Å². The highest BCUT2D eigenvalue weighted by Gasteiger charge is 2.29. The number of carbonyl (C=O) groups excluding carboxylic acids is 1. The molecule has 4 rings (SSSR count). The average Bonchev–Trinajstić information content (AvgIpc) is 3.53. The summed E-state index contributed by atoms with van der Waals surface area (Å²) in [7, 11) is -3.78. The SMILES string of the molecule is NS(=O)(=O)c1ccc(C(=O)N2CCC(n3nc(C4CC4)ccc3=O)CC2)cc1. The van der Waals surface area contributed by atoms with E-state index in [4.69, 9.17) is 5.14 Å². The molecular formula is C19H22N4O4S. The summed E-state index contributed by atoms with van der Waals surface area (Å²) in [6.07, 6.45) is 3.56. The molecule has 2 aromatic rings. The number of rotatable bonds is 4. The van der Waals surface area contributed by atoms with Crippen molar-refractivity contribution in [2.45, 2.75) is 42.5 Å². The van der Waals surface area contributed by atoms with Crippen LogP contribution in [0.3, 0.4) is 0 Å². The second kappa shape index (κ2) is 7.14. The molecule has 1 saturated carbocycles. The van der Waals surface area contributed by atoms with E-state index in [1.807, 2.05) is 6.07 Å². The Morgan fingerprint density at radius 2 is 1.64 bits per heavy atom. The molecule has 0 atom stereocenters. The summed E-state index contributed by atoms with van der Waals surface area (Å²) in [4.78, 5) is 26.6. The van der Waals surface area contributed by atoms with E-state index in [0.29, 0.717) is 37.4 Å². The van der Waals surface area contributed by atoms with Crippen LogP contribution < -0.4 is 10.7 Å². The van der Waals surface area contributed by atoms with E-state index in [-0.39, 0.29) is 22.4 Å². The number of carbonyl (C=O) groups is 1. The first-order chi connectivity index (χ1) is 13.3. The van der Waals surface area contributed by atoms with E-state index >= 15 is 0 Å². The largest absolute Gasteiger partial charge is 0.338 e. The quantitative estimate of drug-likeness (QED) is 0.826. The van der Waals surface area contributed by atoms with E-state index in [0.717, 1.165) is 18.5 Å². The van der Waals surface area contributed by atoms with Crippen LogP contribution in [0.2, 0.25) is 0 Å². The van der Waals surface area contributed by atoms with Crippen molar-refractivity contribution in [2.75, 3.05) is 13.1 Å². The molecule has 2 aliphatic rings. The Kier molecular flexibility index (Phi) is 4.80. The number of primary sulfonamides is 1. The van der Waals surface area contributed by atoms with Crippen LogP contribution in [-0.2, 0) is 10.0 Å². The summed E-state index contributed by atoms with van der Waals surface area (Å²) < 4.78 is 24.2. The number of likely N-dealkylation sites (tertiary alicyclic amines) is 1. The summed E-state index contributed by atoms with van der Waals surface area (Å²) >= 11 is 0. The number of aromatic nitrogens is 2. The molecule has 148 valence electrons. The van der Waals surface area contributed by atoms with Gasteiger partial charge in [-0.2, -0.15) is 5.10 Å². The van der Waals surface area contributed by atoms with E-state index in [2.05, 4.69) is 5.10 Å². The second-order valence-corrected chi connectivity index (χ2v) is 8.97. The highest BCUT2D eigenvalue weighted by molar-refractivity contribution is 7.89. The molecule has 1 amide bonds. The summed E-state index contributed by atoms with van der Waals surface area (Å²) in [6, 6.07) is 9.01. The molecule has 2 N–H and O–H groups in total. The van der Waals surface area contributed by atoms with Gasteiger partial charge in [0.2, 0.25) is 10.0 Å². The third kappa shape index (κ3) is 3.85. The van der Waals surface area contributed by atoms with Crippen LogP contribution in [0.25, 0.3) is 0 Å². The average molecular weight is 402 g/mol. The van der Waals surface area contributed by atoms with Crippen LogP contribution in [0, 0.1) is 0 Å². The molecule has 1 aromatic carbocycles. The van der Waals surface area contributed by atoms with Gasteiger partial charge in [-0.25, -0.2) is 18.2 Å². The lowest BCUT2D eigenvalue weighted by Crippen LogP contribution is -2.41. The molecule has 2 fully saturated rings. The third-order valence-electron chi connectivity index (χ3n) is 5.37. The molecule has 28 heavy (non-hydrogen) atoms. The topological polar surface area (TPSA) is 115 Å². The van der Waals surface area contributed by atoms with Gasteiger partial charge in [-0.15, -0.1) is 0 Å². The van der Waals surface area contributed by atoms with Gasteiger partial charge in [0.1, 0.15) is 0 Å². The second-order valence-electron chi connectivity index (χ2n) is 7.41. The van der Waals surface area contributed by atoms with Crippen molar-refractivity contribution in [3.8, 4) is 0 Å². The lowest BCUT2D eigenvalue weighted by atomic mass is 10.0. The lowest BCUT2D eigenvalue weighted by Gasteiger charge is -2.32. The fourth-order valence-electron chi connectivity index (χ4n) is 3.58. The maximum Gasteiger partial charge on any atom is 0.267 e. The zero-order chi connectivity index (χ0) is 19.9. The zero-order valence-corrected chi connectivity index (χ0v) is 16.1. The molecule has 1 saturated heterocycles. The Labute approximate surface area is 163 Å². The van der Waals surface area contributed by atoms with E-state index in [9.17, 15) is 18.0 Å². The maximum atomic E-state index is 12.7. The maximum absolute atomic E-state index is 12.7. The predicted molar refractivity (Wildman–Crippen MR) is 102 cm³/mol. The highest BCUT2D eigenvalue weighted by atomic mass is 32.2. The first-order valence-electron chi connectivity index (χ1n) is 9.35. The van der Waals surface area contributed by atoms with Gasteiger partial charge in [0.05, 0.1) is 16.6 Å². The van der Waals surface area contributed by atoms with Crippen molar-refractivity contribution >= 4 is 15.9 Å². The molecule has 2 heterocycles. The molecule has 0 radical (unpaired) electrons. The minimum Gasteiger partial charge on any atom is -0.338 e. The van der Waals surface area contributed by atoms with Crippen molar-refractivity contribution in [1.82, 2.24) is 14.7 Å². The van der Waals surface area contributed by atoms with E-state index < -0.39 is 10.0 Å². The standard InChI is InChI=1S/C19H22N4O4S/c20-28(26,27)16-5-3-14(4-6-16)19(25)22-11-9-15(10-12-22)23-18(24)8-7-17(21-23)13-1-2-13/h3-8,13,15H,1-2,9-12H2,(H2,20,26,27). The summed E-state index contributed by atoms with van der Waals surface area (Å²) in [5, 5.41) is 9.64. The fraction of sp³-hybridized carbons (Fsp3) is 0.421. The van der Waals surface area contributed by atoms with E-state index in [1.165, 1.54) is 24.3 Å².